The van der Waals surface area contributed by atoms with Crippen molar-refractivity contribution in [3.05, 3.63) is 53.6 Å². The molecule has 2 N–H and O–H groups in total. The fraction of sp³-hybridized carbons (Fsp3) is 0.571. The van der Waals surface area contributed by atoms with Crippen molar-refractivity contribution in [2.24, 2.45) is 0 Å². The van der Waals surface area contributed by atoms with Gasteiger partial charge in [0.15, 0.2) is 0 Å². The molecule has 2 aromatic rings. The molecule has 4 atom stereocenters. The average molecular weight is 627 g/mol. The average Bonchev–Trinajstić information content (AvgIpc) is 2.87. The first-order chi connectivity index (χ1) is 18.7. The molecule has 224 valence electrons. The molecule has 0 aromatic heterocycles. The summed E-state index contributed by atoms with van der Waals surface area (Å²) >= 11 is 1.69. The number of hydrogen-bond acceptors (Lipinski definition) is 5. The van der Waals surface area contributed by atoms with Crippen LogP contribution < -0.4 is 0 Å². The quantitative estimate of drug-likeness (QED) is 0.170. The number of benzene rings is 2. The van der Waals surface area contributed by atoms with Crippen molar-refractivity contribution in [2.45, 2.75) is 73.8 Å². The first-order valence-electron chi connectivity index (χ1n) is 13.1. The van der Waals surface area contributed by atoms with Gasteiger partial charge in [0.25, 0.3) is 0 Å². The van der Waals surface area contributed by atoms with Gasteiger partial charge in [-0.15, -0.1) is 11.8 Å². The molecular formula is C28H35F5O4S3. The van der Waals surface area contributed by atoms with Gasteiger partial charge in [0.2, 0.25) is 0 Å². The van der Waals surface area contributed by atoms with Crippen LogP contribution in [0.15, 0.2) is 47.4 Å². The van der Waals surface area contributed by atoms with Gasteiger partial charge in [0, 0.05) is 67.1 Å². The van der Waals surface area contributed by atoms with Crippen molar-refractivity contribution in [1.82, 2.24) is 0 Å². The molecule has 0 bridgehead atoms. The van der Waals surface area contributed by atoms with E-state index < -0.39 is 46.5 Å². The van der Waals surface area contributed by atoms with Crippen LogP contribution in [0.4, 0.5) is 22.0 Å². The van der Waals surface area contributed by atoms with E-state index in [0.717, 1.165) is 34.6 Å². The van der Waals surface area contributed by atoms with Gasteiger partial charge in [-0.2, -0.15) is 22.0 Å². The van der Waals surface area contributed by atoms with Gasteiger partial charge in [-0.1, -0.05) is 31.5 Å². The summed E-state index contributed by atoms with van der Waals surface area (Å²) in [5.41, 5.74) is 2.05. The molecule has 12 heteroatoms. The summed E-state index contributed by atoms with van der Waals surface area (Å²) < 4.78 is 87.0. The Bertz CT molecular complexity index is 1170. The number of fused-ring (bicyclic) bond motifs is 1. The number of alkyl halides is 5. The molecule has 0 aliphatic carbocycles. The molecule has 0 radical (unpaired) electrons. The van der Waals surface area contributed by atoms with Crippen LogP contribution in [0.5, 0.6) is 11.5 Å². The molecule has 0 spiro atoms. The lowest BCUT2D eigenvalue weighted by molar-refractivity contribution is -0.284. The Balaban J connectivity index is 1.46. The zero-order valence-electron chi connectivity index (χ0n) is 22.2. The second-order valence-corrected chi connectivity index (χ2v) is 14.8. The van der Waals surface area contributed by atoms with E-state index in [4.69, 9.17) is 0 Å². The monoisotopic (exact) mass is 626 g/mol. The number of rotatable bonds is 14. The van der Waals surface area contributed by atoms with E-state index in [1.54, 1.807) is 36.0 Å². The highest BCUT2D eigenvalue weighted by Gasteiger charge is 2.56. The minimum atomic E-state index is -5.60. The fourth-order valence-corrected chi connectivity index (χ4v) is 8.92. The van der Waals surface area contributed by atoms with Crippen LogP contribution in [0.2, 0.25) is 0 Å². The molecule has 0 saturated heterocycles. The lowest BCUT2D eigenvalue weighted by Crippen LogP contribution is -2.36. The van der Waals surface area contributed by atoms with Crippen molar-refractivity contribution < 1.29 is 40.6 Å². The lowest BCUT2D eigenvalue weighted by atomic mass is 9.68. The largest absolute Gasteiger partial charge is 0.508 e. The van der Waals surface area contributed by atoms with E-state index >= 15 is 0 Å². The highest BCUT2D eigenvalue weighted by Crippen LogP contribution is 2.52. The van der Waals surface area contributed by atoms with Gasteiger partial charge in [0.1, 0.15) is 11.5 Å². The smallest absolute Gasteiger partial charge is 0.453 e. The zero-order chi connectivity index (χ0) is 29.6. The Morgan fingerprint density at radius 1 is 0.850 bits per heavy atom. The molecule has 0 fully saturated rings. The van der Waals surface area contributed by atoms with Gasteiger partial charge in [-0.25, -0.2) is 0 Å². The lowest BCUT2D eigenvalue weighted by Gasteiger charge is -2.43. The number of phenolic OH excluding ortho intramolecular Hbond substituents is 2. The highest BCUT2D eigenvalue weighted by atomic mass is 32.2. The summed E-state index contributed by atoms with van der Waals surface area (Å²) in [6.07, 6.45) is -4.76. The van der Waals surface area contributed by atoms with Crippen LogP contribution in [-0.4, -0.2) is 59.5 Å². The molecule has 2 unspecified atom stereocenters. The Morgan fingerprint density at radius 2 is 1.43 bits per heavy atom. The Morgan fingerprint density at radius 3 is 2.05 bits per heavy atom. The Labute approximate surface area is 241 Å². The topological polar surface area (TPSA) is 74.6 Å². The van der Waals surface area contributed by atoms with Gasteiger partial charge in [-0.3, -0.25) is 8.42 Å². The van der Waals surface area contributed by atoms with Crippen molar-refractivity contribution >= 4 is 33.4 Å². The summed E-state index contributed by atoms with van der Waals surface area (Å²) in [5, 5.41) is 19.7. The second kappa shape index (κ2) is 14.0. The summed E-state index contributed by atoms with van der Waals surface area (Å²) in [6, 6.07) is 12.7. The maximum absolute atomic E-state index is 13.0. The minimum absolute atomic E-state index is 0.123. The normalized spacial score (nSPS) is 21.1. The van der Waals surface area contributed by atoms with Gasteiger partial charge >= 0.3 is 12.1 Å². The van der Waals surface area contributed by atoms with Crippen molar-refractivity contribution in [3.8, 4) is 11.5 Å². The molecule has 0 saturated carbocycles. The molecule has 1 aliphatic heterocycles. The maximum Gasteiger partial charge on any atom is 0.453 e. The number of aromatic hydroxyl groups is 2. The predicted molar refractivity (Wildman–Crippen MR) is 151 cm³/mol. The van der Waals surface area contributed by atoms with E-state index in [1.165, 1.54) is 0 Å². The standard InChI is InChI=1S/C28H35F5O4S3/c1-26(20-7-9-21(34)10-8-20)19-38-25-18-22(35)11-12-23(25)24(26)6-2-3-14-39(36)16-5-17-40(37)15-4-13-27(29,30)28(31,32)33/h7-12,18,24,34-35H,2-6,13-17,19H2,1H3/t24-,26-,39?,40?/m1/s1. The second-order valence-electron chi connectivity index (χ2n) is 10.4. The van der Waals surface area contributed by atoms with Crippen LogP contribution in [-0.2, 0) is 27.0 Å². The molecule has 0 amide bonds. The summed E-state index contributed by atoms with van der Waals surface area (Å²) in [5.74, 6) is -2.76. The molecule has 3 rings (SSSR count). The first kappa shape index (κ1) is 32.8. The van der Waals surface area contributed by atoms with E-state index in [2.05, 4.69) is 6.92 Å². The van der Waals surface area contributed by atoms with Gasteiger partial charge in [-0.05, 0) is 67.0 Å². The minimum Gasteiger partial charge on any atom is -0.508 e. The summed E-state index contributed by atoms with van der Waals surface area (Å²) in [7, 11) is -2.68. The predicted octanol–water partition coefficient (Wildman–Crippen LogP) is 7.28. The van der Waals surface area contributed by atoms with Crippen molar-refractivity contribution in [2.75, 3.05) is 28.8 Å². The fourth-order valence-electron chi connectivity index (χ4n) is 5.00. The SMILES string of the molecule is C[C@]1(c2ccc(O)cc2)CSc2cc(O)ccc2[C@H]1CCCCS(=O)CCCS(=O)CCCC(F)(F)C(F)(F)F. The third-order valence-corrected chi connectivity index (χ3v) is 11.7. The first-order valence-corrected chi connectivity index (χ1v) is 17.1. The molecule has 4 nitrogen and oxygen atoms in total. The molecule has 1 aliphatic rings. The molecule has 2 aromatic carbocycles. The van der Waals surface area contributed by atoms with Crippen LogP contribution in [0.25, 0.3) is 0 Å². The van der Waals surface area contributed by atoms with Crippen LogP contribution >= 0.6 is 11.8 Å². The van der Waals surface area contributed by atoms with Gasteiger partial charge in [0.05, 0.1) is 0 Å². The van der Waals surface area contributed by atoms with Crippen LogP contribution in [0.3, 0.4) is 0 Å². The zero-order valence-corrected chi connectivity index (χ0v) is 24.7. The van der Waals surface area contributed by atoms with Gasteiger partial charge < -0.3 is 10.2 Å². The summed E-state index contributed by atoms with van der Waals surface area (Å²) in [4.78, 5) is 1.04. The van der Waals surface area contributed by atoms with E-state index in [1.807, 2.05) is 18.2 Å². The maximum atomic E-state index is 13.0. The number of unbranched alkanes of at least 4 members (excludes halogenated alkanes) is 1. The molecule has 40 heavy (non-hydrogen) atoms. The highest BCUT2D eigenvalue weighted by molar-refractivity contribution is 7.99. The van der Waals surface area contributed by atoms with E-state index in [0.29, 0.717) is 24.3 Å². The van der Waals surface area contributed by atoms with E-state index in [9.17, 15) is 40.6 Å². The summed E-state index contributed by atoms with van der Waals surface area (Å²) in [6.45, 7) is 2.20. The number of hydrogen-bond donors (Lipinski definition) is 2. The Kier molecular flexibility index (Phi) is 11.5. The van der Waals surface area contributed by atoms with Crippen molar-refractivity contribution in [1.29, 1.82) is 0 Å². The third kappa shape index (κ3) is 8.67. The van der Waals surface area contributed by atoms with Crippen LogP contribution in [0.1, 0.15) is 62.5 Å². The van der Waals surface area contributed by atoms with Crippen molar-refractivity contribution in [3.63, 3.8) is 0 Å². The number of halogens is 5. The number of thioether (sulfide) groups is 1. The molecular weight excluding hydrogens is 591 g/mol. The van der Waals surface area contributed by atoms with E-state index in [-0.39, 0.29) is 34.3 Å². The Hall–Kier alpha value is -1.66. The third-order valence-electron chi connectivity index (χ3n) is 7.33. The number of phenols is 2. The van der Waals surface area contributed by atoms with Crippen LogP contribution in [0, 0.1) is 0 Å². The molecule has 1 heterocycles.